The van der Waals surface area contributed by atoms with Gasteiger partial charge in [0.1, 0.15) is 17.4 Å². The van der Waals surface area contributed by atoms with Gasteiger partial charge in [0, 0.05) is 11.8 Å². The Bertz CT molecular complexity index is 801. The summed E-state index contributed by atoms with van der Waals surface area (Å²) in [5, 5.41) is 0.200. The number of H-pyrrole nitrogens is 1. The quantitative estimate of drug-likeness (QED) is 0.916. The third-order valence-corrected chi connectivity index (χ3v) is 4.79. The molecule has 0 fully saturated rings. The maximum atomic E-state index is 13.4. The highest BCUT2D eigenvalue weighted by molar-refractivity contribution is 9.10. The molecule has 0 saturated carbocycles. The molecule has 5 nitrogen and oxygen atoms in total. The number of hydrogen-bond donors (Lipinski definition) is 1. The second-order valence-corrected chi connectivity index (χ2v) is 7.18. The number of aromatic amines is 1. The summed E-state index contributed by atoms with van der Waals surface area (Å²) in [6.07, 6.45) is 0. The summed E-state index contributed by atoms with van der Waals surface area (Å²) in [6.45, 7) is 1.51. The Labute approximate surface area is 116 Å². The Morgan fingerprint density at radius 1 is 1.42 bits per heavy atom. The monoisotopic (exact) mass is 348 g/mol. The van der Waals surface area contributed by atoms with E-state index in [1.54, 1.807) is 0 Å². The van der Waals surface area contributed by atoms with Crippen molar-refractivity contribution >= 4 is 36.7 Å². The highest BCUT2D eigenvalue weighted by Gasteiger charge is 2.13. The lowest BCUT2D eigenvalue weighted by atomic mass is 10.2. The Hall–Kier alpha value is -1.28. The van der Waals surface area contributed by atoms with Crippen LogP contribution in [0.1, 0.15) is 12.7 Å². The van der Waals surface area contributed by atoms with E-state index in [9.17, 15) is 17.6 Å². The lowest BCUT2D eigenvalue weighted by molar-refractivity contribution is 0.595. The lowest BCUT2D eigenvalue weighted by Crippen LogP contribution is -2.16. The maximum Gasteiger partial charge on any atom is 0.258 e. The number of rotatable bonds is 3. The SMILES string of the molecule is CCS(=O)(=O)Cc1nc2cc(F)c(Br)cc2c(=O)[nH]1. The number of halogens is 2. The van der Waals surface area contributed by atoms with Gasteiger partial charge in [-0.15, -0.1) is 0 Å². The van der Waals surface area contributed by atoms with Gasteiger partial charge < -0.3 is 4.98 Å². The Kier molecular flexibility index (Phi) is 3.73. The van der Waals surface area contributed by atoms with E-state index in [-0.39, 0.29) is 32.7 Å². The van der Waals surface area contributed by atoms with Crippen molar-refractivity contribution in [2.24, 2.45) is 0 Å². The minimum Gasteiger partial charge on any atom is -0.309 e. The second kappa shape index (κ2) is 5.01. The smallest absolute Gasteiger partial charge is 0.258 e. The molecule has 1 aromatic carbocycles. The summed E-state index contributed by atoms with van der Waals surface area (Å²) in [7, 11) is -3.31. The predicted molar refractivity (Wildman–Crippen MR) is 73.2 cm³/mol. The molecule has 0 aliphatic carbocycles. The fraction of sp³-hybridized carbons (Fsp3) is 0.273. The molecule has 19 heavy (non-hydrogen) atoms. The minimum absolute atomic E-state index is 0.0149. The number of fused-ring (bicyclic) bond motifs is 1. The fourth-order valence-corrected chi connectivity index (χ4v) is 2.66. The first kappa shape index (κ1) is 14.1. The number of sulfone groups is 1. The van der Waals surface area contributed by atoms with E-state index in [1.165, 1.54) is 13.0 Å². The average molecular weight is 349 g/mol. The highest BCUT2D eigenvalue weighted by atomic mass is 79.9. The molecule has 8 heteroatoms. The van der Waals surface area contributed by atoms with E-state index >= 15 is 0 Å². The summed E-state index contributed by atoms with van der Waals surface area (Å²) in [5.74, 6) is -0.966. The number of benzene rings is 1. The molecule has 1 heterocycles. The van der Waals surface area contributed by atoms with Crippen LogP contribution in [0.4, 0.5) is 4.39 Å². The fourth-order valence-electron chi connectivity index (χ4n) is 1.56. The average Bonchev–Trinajstić information content (AvgIpc) is 2.31. The van der Waals surface area contributed by atoms with E-state index in [2.05, 4.69) is 25.9 Å². The van der Waals surface area contributed by atoms with E-state index in [1.807, 2.05) is 0 Å². The molecule has 0 aliphatic rings. The summed E-state index contributed by atoms with van der Waals surface area (Å²) >= 11 is 2.98. The molecule has 0 saturated heterocycles. The molecule has 2 aromatic rings. The van der Waals surface area contributed by atoms with Crippen LogP contribution in [0.15, 0.2) is 21.4 Å². The van der Waals surface area contributed by atoms with Gasteiger partial charge in [-0.25, -0.2) is 17.8 Å². The van der Waals surface area contributed by atoms with Gasteiger partial charge in [0.05, 0.1) is 15.4 Å². The first-order valence-corrected chi connectivity index (χ1v) is 8.02. The van der Waals surface area contributed by atoms with Gasteiger partial charge in [-0.05, 0) is 22.0 Å². The van der Waals surface area contributed by atoms with Crippen molar-refractivity contribution in [3.8, 4) is 0 Å². The zero-order chi connectivity index (χ0) is 14.2. The van der Waals surface area contributed by atoms with Crippen LogP contribution in [0.25, 0.3) is 10.9 Å². The topological polar surface area (TPSA) is 79.9 Å². The van der Waals surface area contributed by atoms with Crippen LogP contribution in [0, 0.1) is 5.82 Å². The minimum atomic E-state index is -3.31. The van der Waals surface area contributed by atoms with Crippen molar-refractivity contribution in [2.45, 2.75) is 12.7 Å². The van der Waals surface area contributed by atoms with Gasteiger partial charge in [-0.3, -0.25) is 4.79 Å². The molecule has 0 radical (unpaired) electrons. The molecule has 0 atom stereocenters. The van der Waals surface area contributed by atoms with Crippen molar-refractivity contribution in [1.29, 1.82) is 0 Å². The largest absolute Gasteiger partial charge is 0.309 e. The molecule has 0 bridgehead atoms. The molecule has 2 rings (SSSR count). The van der Waals surface area contributed by atoms with Crippen LogP contribution in [0.3, 0.4) is 0 Å². The van der Waals surface area contributed by atoms with Crippen LogP contribution in [0.2, 0.25) is 0 Å². The van der Waals surface area contributed by atoms with Gasteiger partial charge in [0.2, 0.25) is 0 Å². The normalized spacial score (nSPS) is 11.9. The molecule has 0 unspecified atom stereocenters. The van der Waals surface area contributed by atoms with E-state index in [0.717, 1.165) is 6.07 Å². The molecule has 1 N–H and O–H groups in total. The van der Waals surface area contributed by atoms with Gasteiger partial charge >= 0.3 is 0 Å². The van der Waals surface area contributed by atoms with Crippen molar-refractivity contribution in [1.82, 2.24) is 9.97 Å². The van der Waals surface area contributed by atoms with E-state index < -0.39 is 21.2 Å². The van der Waals surface area contributed by atoms with Crippen LogP contribution in [-0.4, -0.2) is 24.1 Å². The molecule has 0 spiro atoms. The van der Waals surface area contributed by atoms with E-state index in [0.29, 0.717) is 0 Å². The van der Waals surface area contributed by atoms with E-state index in [4.69, 9.17) is 0 Å². The summed E-state index contributed by atoms with van der Waals surface area (Å²) in [4.78, 5) is 18.2. The second-order valence-electron chi connectivity index (χ2n) is 3.97. The van der Waals surface area contributed by atoms with Crippen molar-refractivity contribution in [2.75, 3.05) is 5.75 Å². The number of hydrogen-bond acceptors (Lipinski definition) is 4. The summed E-state index contributed by atoms with van der Waals surface area (Å²) in [5.41, 5.74) is -0.363. The van der Waals surface area contributed by atoms with Crippen molar-refractivity contribution in [3.05, 3.63) is 38.6 Å². The molecular formula is C11H10BrFN2O3S. The molecular weight excluding hydrogens is 339 g/mol. The van der Waals surface area contributed by atoms with Crippen LogP contribution in [0.5, 0.6) is 0 Å². The molecule has 102 valence electrons. The standard InChI is InChI=1S/C11H10BrFN2O3S/c1-2-19(17,18)5-10-14-9-4-8(13)7(12)3-6(9)11(16)15-10/h3-4H,2,5H2,1H3,(H,14,15,16). The zero-order valence-corrected chi connectivity index (χ0v) is 12.3. The van der Waals surface area contributed by atoms with Crippen molar-refractivity contribution < 1.29 is 12.8 Å². The van der Waals surface area contributed by atoms with Crippen LogP contribution >= 0.6 is 15.9 Å². The Morgan fingerprint density at radius 2 is 2.11 bits per heavy atom. The highest BCUT2D eigenvalue weighted by Crippen LogP contribution is 2.20. The van der Waals surface area contributed by atoms with Gasteiger partial charge in [-0.1, -0.05) is 6.92 Å². The van der Waals surface area contributed by atoms with Crippen LogP contribution < -0.4 is 5.56 Å². The third kappa shape index (κ3) is 3.01. The Balaban J connectivity index is 2.62. The third-order valence-electron chi connectivity index (χ3n) is 2.59. The molecule has 1 aromatic heterocycles. The van der Waals surface area contributed by atoms with Gasteiger partial charge in [-0.2, -0.15) is 0 Å². The maximum absolute atomic E-state index is 13.4. The Morgan fingerprint density at radius 3 is 2.74 bits per heavy atom. The van der Waals surface area contributed by atoms with Gasteiger partial charge in [0.15, 0.2) is 9.84 Å². The summed E-state index contributed by atoms with van der Waals surface area (Å²) < 4.78 is 36.5. The first-order chi connectivity index (χ1) is 8.82. The van der Waals surface area contributed by atoms with Gasteiger partial charge in [0.25, 0.3) is 5.56 Å². The van der Waals surface area contributed by atoms with Crippen molar-refractivity contribution in [3.63, 3.8) is 0 Å². The molecule has 0 amide bonds. The first-order valence-electron chi connectivity index (χ1n) is 5.41. The summed E-state index contributed by atoms with van der Waals surface area (Å²) in [6, 6.07) is 2.41. The zero-order valence-electron chi connectivity index (χ0n) is 9.91. The number of nitrogens with one attached hydrogen (secondary N) is 1. The predicted octanol–water partition coefficient (Wildman–Crippen LogP) is 1.76. The molecule has 0 aliphatic heterocycles. The number of aromatic nitrogens is 2. The lowest BCUT2D eigenvalue weighted by Gasteiger charge is -2.04. The van der Waals surface area contributed by atoms with Crippen LogP contribution in [-0.2, 0) is 15.6 Å². The number of nitrogens with zero attached hydrogens (tertiary/aromatic N) is 1.